The molecule has 1 saturated heterocycles. The van der Waals surface area contributed by atoms with Crippen LogP contribution in [0.5, 0.6) is 23.0 Å². The van der Waals surface area contributed by atoms with Crippen LogP contribution in [-0.2, 0) is 4.74 Å². The van der Waals surface area contributed by atoms with Gasteiger partial charge in [0, 0.05) is 33.7 Å². The lowest BCUT2D eigenvalue weighted by atomic mass is 9.85. The van der Waals surface area contributed by atoms with Gasteiger partial charge in [0.1, 0.15) is 22.3 Å². The van der Waals surface area contributed by atoms with Gasteiger partial charge in [0.25, 0.3) is 0 Å². The van der Waals surface area contributed by atoms with E-state index in [2.05, 4.69) is 104 Å². The van der Waals surface area contributed by atoms with Crippen molar-refractivity contribution in [2.45, 2.75) is 25.0 Å². The second-order valence-electron chi connectivity index (χ2n) is 17.9. The maximum atomic E-state index is 9.19. The van der Waals surface area contributed by atoms with Gasteiger partial charge in [-0.15, -0.1) is 0 Å². The third-order valence-corrected chi connectivity index (χ3v) is 14.3. The van der Waals surface area contributed by atoms with Crippen molar-refractivity contribution in [3.05, 3.63) is 204 Å². The Morgan fingerprint density at radius 1 is 0.391 bits per heavy atom. The fourth-order valence-corrected chi connectivity index (χ4v) is 11.3. The van der Waals surface area contributed by atoms with Gasteiger partial charge < -0.3 is 32.8 Å². The summed E-state index contributed by atoms with van der Waals surface area (Å²) < 4.78 is 33.8. The molecule has 0 aliphatic carbocycles. The first kappa shape index (κ1) is 37.9. The Morgan fingerprint density at radius 2 is 0.855 bits per heavy atom. The highest BCUT2D eigenvalue weighted by atomic mass is 16.5. The van der Waals surface area contributed by atoms with Crippen LogP contribution in [0, 0.1) is 13.1 Å². The van der Waals surface area contributed by atoms with Crippen LogP contribution in [0.1, 0.15) is 36.2 Å². The predicted molar refractivity (Wildman–Crippen MR) is 270 cm³/mol. The summed E-state index contributed by atoms with van der Waals surface area (Å²) in [4.78, 5) is 13.1. The summed E-state index contributed by atoms with van der Waals surface area (Å²) in [6, 6.07) is 57.2. The molecule has 11 aromatic rings. The number of fused-ring (bicyclic) bond motifs is 15. The van der Waals surface area contributed by atoms with Gasteiger partial charge in [0.2, 0.25) is 11.4 Å². The van der Waals surface area contributed by atoms with Crippen LogP contribution in [0.2, 0.25) is 0 Å². The first-order valence-corrected chi connectivity index (χ1v) is 23.0. The first-order chi connectivity index (χ1) is 34.1. The van der Waals surface area contributed by atoms with Gasteiger partial charge in [-0.25, -0.2) is 9.69 Å². The Balaban J connectivity index is 1.09. The second kappa shape index (κ2) is 14.1. The fraction of sp³-hybridized carbons (Fsp3) is 0.0667. The summed E-state index contributed by atoms with van der Waals surface area (Å²) >= 11 is 0. The number of anilines is 6. The van der Waals surface area contributed by atoms with Crippen LogP contribution >= 0.6 is 0 Å². The van der Waals surface area contributed by atoms with E-state index in [0.717, 1.165) is 96.0 Å². The van der Waals surface area contributed by atoms with Crippen molar-refractivity contribution in [3.8, 4) is 45.3 Å². The molecule has 0 spiro atoms. The molecule has 4 aliphatic rings. The minimum atomic E-state index is -0.336. The second-order valence-corrected chi connectivity index (χ2v) is 17.9. The highest BCUT2D eigenvalue weighted by molar-refractivity contribution is 6.14. The number of rotatable bonds is 4. The van der Waals surface area contributed by atoms with Crippen LogP contribution in [0.15, 0.2) is 179 Å². The Kier molecular flexibility index (Phi) is 7.75. The number of hydrogen-bond acceptors (Lipinski definition) is 7. The zero-order chi connectivity index (χ0) is 45.5. The summed E-state index contributed by atoms with van der Waals surface area (Å²) in [5, 5.41) is 3.74. The summed E-state index contributed by atoms with van der Waals surface area (Å²) in [6.07, 6.45) is 0.847. The number of nitrogens with zero attached hydrogens (tertiary/aromatic N) is 4. The molecule has 324 valence electrons. The van der Waals surface area contributed by atoms with Gasteiger partial charge in [-0.3, -0.25) is 0 Å². The average molecular weight is 891 g/mol. The standard InChI is InChI=1S/C60H34N4O5/c1-61-57-55-47-25-26-48(67-47)56(55)59(63-41-23-21-35(33-13-5-3-6-14-33)27-51(41)68-53-31-49-39(29-43(53)63)37-17-9-11-19-45(37)65-49)60(58(57)62-2)64-42-24-22-36(34-15-7-4-8-16-34)28-52(42)69-54-32-50-40(30-44(54)64)38-18-10-12-20-46(38)66-50/h3-24,27-32,47-48H,25-26H2. The molecule has 9 aromatic carbocycles. The molecule has 69 heavy (non-hydrogen) atoms. The third kappa shape index (κ3) is 5.36. The first-order valence-electron chi connectivity index (χ1n) is 23.0. The van der Waals surface area contributed by atoms with Crippen molar-refractivity contribution in [2.24, 2.45) is 0 Å². The molecule has 2 unspecified atom stereocenters. The Hall–Kier alpha value is -9.28. The van der Waals surface area contributed by atoms with E-state index in [1.807, 2.05) is 84.9 Å². The Bertz CT molecular complexity index is 4120. The highest BCUT2D eigenvalue weighted by Gasteiger charge is 2.48. The van der Waals surface area contributed by atoms with Gasteiger partial charge in [-0.2, -0.15) is 0 Å². The van der Waals surface area contributed by atoms with E-state index < -0.39 is 0 Å². The van der Waals surface area contributed by atoms with Crippen molar-refractivity contribution in [1.82, 2.24) is 0 Å². The number of para-hydroxylation sites is 2. The number of furan rings is 2. The molecule has 4 aliphatic heterocycles. The van der Waals surface area contributed by atoms with E-state index in [4.69, 9.17) is 29.6 Å². The van der Waals surface area contributed by atoms with E-state index in [1.54, 1.807) is 0 Å². The minimum Gasteiger partial charge on any atom is -0.456 e. The lowest BCUT2D eigenvalue weighted by molar-refractivity contribution is 0.0721. The predicted octanol–water partition coefficient (Wildman–Crippen LogP) is 18.0. The van der Waals surface area contributed by atoms with Gasteiger partial charge in [0.15, 0.2) is 23.0 Å². The van der Waals surface area contributed by atoms with Gasteiger partial charge in [0.05, 0.1) is 59.5 Å². The van der Waals surface area contributed by atoms with E-state index in [0.29, 0.717) is 56.9 Å². The summed E-state index contributed by atoms with van der Waals surface area (Å²) in [6.45, 7) is 18.1. The molecule has 2 aromatic heterocycles. The molecule has 9 heteroatoms. The quantitative estimate of drug-likeness (QED) is 0.163. The third-order valence-electron chi connectivity index (χ3n) is 14.3. The summed E-state index contributed by atoms with van der Waals surface area (Å²) in [5.41, 5.74) is 13.4. The lowest BCUT2D eigenvalue weighted by Crippen LogP contribution is -2.24. The smallest absolute Gasteiger partial charge is 0.220 e. The van der Waals surface area contributed by atoms with E-state index in [1.165, 1.54) is 0 Å². The molecule has 0 saturated carbocycles. The molecular weight excluding hydrogens is 857 g/mol. The molecular formula is C60H34N4O5. The molecule has 0 N–H and O–H groups in total. The van der Waals surface area contributed by atoms with Crippen LogP contribution in [-0.4, -0.2) is 0 Å². The van der Waals surface area contributed by atoms with E-state index >= 15 is 0 Å². The zero-order valence-corrected chi connectivity index (χ0v) is 36.6. The van der Waals surface area contributed by atoms with E-state index in [9.17, 15) is 6.57 Å². The largest absolute Gasteiger partial charge is 0.456 e. The number of benzene rings is 9. The van der Waals surface area contributed by atoms with Crippen molar-refractivity contribution < 1.29 is 23.0 Å². The molecule has 1 fully saturated rings. The zero-order valence-electron chi connectivity index (χ0n) is 36.6. The van der Waals surface area contributed by atoms with Crippen molar-refractivity contribution >= 4 is 89.4 Å². The highest BCUT2D eigenvalue weighted by Crippen LogP contribution is 2.69. The van der Waals surface area contributed by atoms with Crippen molar-refractivity contribution in [3.63, 3.8) is 0 Å². The molecule has 0 amide bonds. The normalized spacial score (nSPS) is 16.1. The lowest BCUT2D eigenvalue weighted by Gasteiger charge is -2.41. The molecule has 2 atom stereocenters. The number of ether oxygens (including phenoxy) is 3. The average Bonchev–Trinajstić information content (AvgIpc) is 4.20. The molecule has 2 bridgehead atoms. The van der Waals surface area contributed by atoms with Crippen molar-refractivity contribution in [2.75, 3.05) is 9.80 Å². The summed E-state index contributed by atoms with van der Waals surface area (Å²) in [5.74, 6) is 2.35. The molecule has 6 heterocycles. The monoisotopic (exact) mass is 890 g/mol. The molecule has 15 rings (SSSR count). The van der Waals surface area contributed by atoms with E-state index in [-0.39, 0.29) is 17.9 Å². The SMILES string of the molecule is [C-]#[N+]c1c([N+]#[C-])c(N2c3ccc(-c4ccccc4)cc3Oc3cc4oc5ccccc5c4cc32)c(N2c3ccc(-c4ccccc4)cc3Oc3cc4oc5ccccc5c4cc32)c2c1C1CCC2O1. The van der Waals surface area contributed by atoms with Gasteiger partial charge >= 0.3 is 0 Å². The maximum Gasteiger partial charge on any atom is 0.220 e. The fourth-order valence-electron chi connectivity index (χ4n) is 11.3. The van der Waals surface area contributed by atoms with Crippen LogP contribution in [0.3, 0.4) is 0 Å². The minimum absolute atomic E-state index is 0.225. The topological polar surface area (TPSA) is 69.2 Å². The summed E-state index contributed by atoms with van der Waals surface area (Å²) in [7, 11) is 0. The van der Waals surface area contributed by atoms with Gasteiger partial charge in [-0.1, -0.05) is 109 Å². The van der Waals surface area contributed by atoms with Crippen LogP contribution in [0.25, 0.3) is 75.8 Å². The number of hydrogen-bond donors (Lipinski definition) is 0. The molecule has 9 nitrogen and oxygen atoms in total. The van der Waals surface area contributed by atoms with Crippen LogP contribution in [0.4, 0.5) is 45.5 Å². The Morgan fingerprint density at radius 3 is 1.38 bits per heavy atom. The maximum absolute atomic E-state index is 9.19. The van der Waals surface area contributed by atoms with Gasteiger partial charge in [-0.05, 0) is 94.8 Å². The Labute approximate surface area is 394 Å². The van der Waals surface area contributed by atoms with Crippen molar-refractivity contribution in [1.29, 1.82) is 0 Å². The molecule has 0 radical (unpaired) electrons. The van der Waals surface area contributed by atoms with Crippen LogP contribution < -0.4 is 19.3 Å².